The van der Waals surface area contributed by atoms with Gasteiger partial charge >= 0.3 is 0 Å². The Morgan fingerprint density at radius 1 is 1.20 bits per heavy atom. The summed E-state index contributed by atoms with van der Waals surface area (Å²) < 4.78 is 31.6. The third-order valence-electron chi connectivity index (χ3n) is 7.25. The van der Waals surface area contributed by atoms with Crippen LogP contribution >= 0.6 is 11.6 Å². The van der Waals surface area contributed by atoms with E-state index in [1.165, 1.54) is 6.20 Å². The van der Waals surface area contributed by atoms with Gasteiger partial charge in [-0.1, -0.05) is 36.4 Å². The van der Waals surface area contributed by atoms with Crippen molar-refractivity contribution in [2.45, 2.75) is 18.4 Å². The van der Waals surface area contributed by atoms with Crippen molar-refractivity contribution in [1.82, 2.24) is 4.98 Å². The second kappa shape index (κ2) is 11.4. The third-order valence-corrected chi connectivity index (χ3v) is 7.57. The molecule has 2 heterocycles. The molecule has 5 rings (SSSR count). The van der Waals surface area contributed by atoms with Gasteiger partial charge in [0.1, 0.15) is 35.2 Å². The van der Waals surface area contributed by atoms with Crippen LogP contribution in [0.15, 0.2) is 66.9 Å². The zero-order valence-corrected chi connectivity index (χ0v) is 23.5. The highest BCUT2D eigenvalue weighted by atomic mass is 35.5. The molecule has 1 saturated heterocycles. The van der Waals surface area contributed by atoms with Crippen molar-refractivity contribution in [1.29, 1.82) is 5.41 Å². The number of aliphatic hydroxyl groups is 2. The fourth-order valence-corrected chi connectivity index (χ4v) is 5.21. The molecule has 0 amide bonds. The smallest absolute Gasteiger partial charge is 0.166 e. The van der Waals surface area contributed by atoms with Crippen molar-refractivity contribution in [3.8, 4) is 17.2 Å². The van der Waals surface area contributed by atoms with Gasteiger partial charge < -0.3 is 29.3 Å². The van der Waals surface area contributed by atoms with E-state index in [9.17, 15) is 14.6 Å². The lowest BCUT2D eigenvalue weighted by atomic mass is 9.86. The first-order valence-corrected chi connectivity index (χ1v) is 13.5. The standard InChI is InChI=1S/C31H31ClFN3O5/c1-18(37)20-12-25(33)30(35-14-20)36-16-31(38,17-36)23-10-9-22(13-24(23)32)41-15-21(11-19-7-8-19)29(34)28-26(39-2)5-4-6-27(28)40-3/h4-6,9-14,19,34,37-38H,1,7-8,15-17H2,2-3H3/b21-11+,34-29?. The zero-order chi connectivity index (χ0) is 29.3. The van der Waals surface area contributed by atoms with Crippen LogP contribution in [0.2, 0.25) is 5.02 Å². The quantitative estimate of drug-likeness (QED) is 0.191. The Balaban J connectivity index is 1.29. The molecule has 2 aliphatic rings. The summed E-state index contributed by atoms with van der Waals surface area (Å²) in [6.45, 7) is 3.68. The lowest BCUT2D eigenvalue weighted by Gasteiger charge is -2.47. The maximum atomic E-state index is 14.5. The number of halogens is 2. The van der Waals surface area contributed by atoms with E-state index < -0.39 is 11.4 Å². The van der Waals surface area contributed by atoms with E-state index in [1.807, 2.05) is 6.07 Å². The molecule has 0 radical (unpaired) electrons. The number of nitrogens with zero attached hydrogens (tertiary/aromatic N) is 2. The number of aromatic nitrogens is 1. The molecule has 2 fully saturated rings. The highest BCUT2D eigenvalue weighted by Crippen LogP contribution is 2.40. The number of β-amino-alcohol motifs (C(OH)–C–C–N with tert-alkyl or cyclic N) is 1. The largest absolute Gasteiger partial charge is 0.508 e. The number of hydrogen-bond acceptors (Lipinski definition) is 8. The highest BCUT2D eigenvalue weighted by molar-refractivity contribution is 6.31. The van der Waals surface area contributed by atoms with Gasteiger partial charge in [-0.25, -0.2) is 9.37 Å². The maximum absolute atomic E-state index is 14.5. The van der Waals surface area contributed by atoms with E-state index >= 15 is 0 Å². The second-order valence-electron chi connectivity index (χ2n) is 10.2. The minimum atomic E-state index is -1.30. The molecule has 8 nitrogen and oxygen atoms in total. The molecule has 1 aromatic heterocycles. The monoisotopic (exact) mass is 579 g/mol. The van der Waals surface area contributed by atoms with Gasteiger partial charge in [0.15, 0.2) is 11.6 Å². The molecule has 1 aliphatic carbocycles. The summed E-state index contributed by atoms with van der Waals surface area (Å²) in [7, 11) is 3.12. The minimum Gasteiger partial charge on any atom is -0.508 e. The molecule has 0 atom stereocenters. The van der Waals surface area contributed by atoms with Crippen molar-refractivity contribution in [3.05, 3.63) is 94.4 Å². The van der Waals surface area contributed by atoms with Crippen molar-refractivity contribution in [2.75, 3.05) is 38.8 Å². The average Bonchev–Trinajstić information content (AvgIpc) is 3.77. The van der Waals surface area contributed by atoms with E-state index in [2.05, 4.69) is 17.6 Å². The van der Waals surface area contributed by atoms with Crippen LogP contribution in [0.3, 0.4) is 0 Å². The summed E-state index contributed by atoms with van der Waals surface area (Å²) in [4.78, 5) is 5.66. The molecule has 214 valence electrons. The van der Waals surface area contributed by atoms with Gasteiger partial charge in [0, 0.05) is 22.9 Å². The SMILES string of the molecule is C=C(O)c1cnc(N2CC(O)(c3ccc(OC/C(=C\C4CC4)C(=N)c4c(OC)cccc4OC)cc3Cl)C2)c(F)c1. The molecule has 10 heteroatoms. The number of allylic oxidation sites excluding steroid dienone is 1. The van der Waals surface area contributed by atoms with E-state index in [0.29, 0.717) is 44.9 Å². The van der Waals surface area contributed by atoms with Gasteiger partial charge in [0.2, 0.25) is 0 Å². The minimum absolute atomic E-state index is 0.0693. The summed E-state index contributed by atoms with van der Waals surface area (Å²) in [5, 5.41) is 29.9. The molecule has 0 bridgehead atoms. The van der Waals surface area contributed by atoms with Crippen molar-refractivity contribution in [2.24, 2.45) is 5.92 Å². The number of benzene rings is 2. The van der Waals surface area contributed by atoms with E-state index in [0.717, 1.165) is 18.9 Å². The first kappa shape index (κ1) is 28.4. The van der Waals surface area contributed by atoms with Crippen LogP contribution < -0.4 is 19.1 Å². The van der Waals surface area contributed by atoms with E-state index in [-0.39, 0.29) is 42.5 Å². The van der Waals surface area contributed by atoms with Crippen molar-refractivity contribution in [3.63, 3.8) is 0 Å². The number of aliphatic hydroxyl groups excluding tert-OH is 1. The van der Waals surface area contributed by atoms with Crippen LogP contribution in [0.4, 0.5) is 10.2 Å². The number of hydrogen-bond donors (Lipinski definition) is 3. The summed E-state index contributed by atoms with van der Waals surface area (Å²) >= 11 is 6.58. The number of ether oxygens (including phenoxy) is 3. The van der Waals surface area contributed by atoms with Gasteiger partial charge in [-0.15, -0.1) is 0 Å². The van der Waals surface area contributed by atoms with Crippen LogP contribution in [0.25, 0.3) is 5.76 Å². The molecule has 1 aliphatic heterocycles. The number of anilines is 1. The van der Waals surface area contributed by atoms with Gasteiger partial charge in [-0.3, -0.25) is 5.41 Å². The number of methoxy groups -OCH3 is 2. The van der Waals surface area contributed by atoms with E-state index in [1.54, 1.807) is 49.5 Å². The molecule has 3 aromatic rings. The molecule has 3 N–H and O–H groups in total. The van der Waals surface area contributed by atoms with Gasteiger partial charge in [-0.2, -0.15) is 0 Å². The second-order valence-corrected chi connectivity index (χ2v) is 10.6. The Morgan fingerprint density at radius 2 is 1.88 bits per heavy atom. The number of rotatable bonds is 11. The number of pyridine rings is 1. The predicted octanol–water partition coefficient (Wildman–Crippen LogP) is 5.91. The topological polar surface area (TPSA) is 108 Å². The summed E-state index contributed by atoms with van der Waals surface area (Å²) in [6.07, 6.45) is 5.52. The summed E-state index contributed by atoms with van der Waals surface area (Å²) in [6, 6.07) is 11.6. The maximum Gasteiger partial charge on any atom is 0.166 e. The lowest BCUT2D eigenvalue weighted by molar-refractivity contribution is 0.00673. The fraction of sp³-hybridized carbons (Fsp3) is 0.290. The molecular weight excluding hydrogens is 549 g/mol. The van der Waals surface area contributed by atoms with E-state index in [4.69, 9.17) is 31.2 Å². The molecule has 41 heavy (non-hydrogen) atoms. The Hall–Kier alpha value is -4.08. The first-order valence-electron chi connectivity index (χ1n) is 13.1. The fourth-order valence-electron chi connectivity index (χ4n) is 4.86. The summed E-state index contributed by atoms with van der Waals surface area (Å²) in [5.74, 6) is 1.12. The molecule has 0 unspecified atom stereocenters. The van der Waals surface area contributed by atoms with Gasteiger partial charge in [0.05, 0.1) is 43.6 Å². The number of nitrogens with one attached hydrogen (secondary N) is 1. The molecule has 1 saturated carbocycles. The Bertz CT molecular complexity index is 1510. The average molecular weight is 580 g/mol. The van der Waals surface area contributed by atoms with Crippen LogP contribution in [0, 0.1) is 17.1 Å². The Kier molecular flexibility index (Phi) is 7.93. The Morgan fingerprint density at radius 3 is 2.44 bits per heavy atom. The van der Waals surface area contributed by atoms with Crippen LogP contribution in [-0.2, 0) is 5.60 Å². The van der Waals surface area contributed by atoms with Crippen molar-refractivity contribution < 1.29 is 28.8 Å². The van der Waals surface area contributed by atoms with Crippen LogP contribution in [0.5, 0.6) is 17.2 Å². The van der Waals surface area contributed by atoms with Crippen LogP contribution in [0.1, 0.15) is 29.5 Å². The van der Waals surface area contributed by atoms with Gasteiger partial charge in [0.25, 0.3) is 0 Å². The molecular formula is C31H31ClFN3O5. The first-order chi connectivity index (χ1) is 19.6. The van der Waals surface area contributed by atoms with Gasteiger partial charge in [-0.05, 0) is 49.1 Å². The summed E-state index contributed by atoms with van der Waals surface area (Å²) in [5.41, 5.74) is 0.892. The normalized spacial score (nSPS) is 16.1. The highest BCUT2D eigenvalue weighted by Gasteiger charge is 2.45. The third kappa shape index (κ3) is 5.87. The molecule has 0 spiro atoms. The van der Waals surface area contributed by atoms with Crippen molar-refractivity contribution >= 4 is 28.9 Å². The van der Waals surface area contributed by atoms with Crippen LogP contribution in [-0.4, -0.2) is 54.8 Å². The predicted molar refractivity (Wildman–Crippen MR) is 156 cm³/mol. The lowest BCUT2D eigenvalue weighted by Crippen LogP contribution is -2.60. The molecule has 2 aromatic carbocycles. The Labute approximate surface area is 242 Å². The zero-order valence-electron chi connectivity index (χ0n) is 22.8.